The van der Waals surface area contributed by atoms with Crippen LogP contribution in [0.15, 0.2) is 12.3 Å². The second kappa shape index (κ2) is 4.74. The zero-order valence-corrected chi connectivity index (χ0v) is 13.8. The van der Waals surface area contributed by atoms with Crippen molar-refractivity contribution in [2.75, 3.05) is 18.8 Å². The highest BCUT2D eigenvalue weighted by Crippen LogP contribution is 2.58. The predicted octanol–water partition coefficient (Wildman–Crippen LogP) is 2.72. The van der Waals surface area contributed by atoms with Crippen LogP contribution < -0.4 is 5.73 Å². The summed E-state index contributed by atoms with van der Waals surface area (Å²) in [6.07, 6.45) is 7.52. The van der Waals surface area contributed by atoms with Gasteiger partial charge in [0.15, 0.2) is 5.78 Å². The van der Waals surface area contributed by atoms with Crippen LogP contribution in [0.4, 0.5) is 5.95 Å². The van der Waals surface area contributed by atoms with Crippen molar-refractivity contribution in [3.05, 3.63) is 17.1 Å². The van der Waals surface area contributed by atoms with Crippen molar-refractivity contribution in [1.82, 2.24) is 14.9 Å². The Bertz CT molecular complexity index is 789. The summed E-state index contributed by atoms with van der Waals surface area (Å²) in [5, 5.41) is 0.919. The van der Waals surface area contributed by atoms with Gasteiger partial charge in [0, 0.05) is 23.5 Å². The summed E-state index contributed by atoms with van der Waals surface area (Å²) in [5.74, 6) is 1.85. The molecule has 2 aromatic rings. The summed E-state index contributed by atoms with van der Waals surface area (Å²) in [4.78, 5) is 25.4. The van der Waals surface area contributed by atoms with Gasteiger partial charge in [-0.15, -0.1) is 11.3 Å². The summed E-state index contributed by atoms with van der Waals surface area (Å²) in [7, 11) is 0. The molecule has 0 radical (unpaired) electrons. The van der Waals surface area contributed by atoms with E-state index in [2.05, 4.69) is 14.9 Å². The molecule has 2 aromatic heterocycles. The van der Waals surface area contributed by atoms with E-state index in [0.29, 0.717) is 17.9 Å². The Hall–Kier alpha value is -1.53. The number of anilines is 1. The van der Waals surface area contributed by atoms with Gasteiger partial charge in [-0.1, -0.05) is 0 Å². The van der Waals surface area contributed by atoms with E-state index in [1.165, 1.54) is 50.1 Å². The Balaban J connectivity index is 1.42. The number of piperidine rings is 3. The molecule has 5 heterocycles. The number of hydrogen-bond donors (Lipinski definition) is 1. The molecular weight excluding hydrogens is 308 g/mol. The summed E-state index contributed by atoms with van der Waals surface area (Å²) in [6, 6.07) is 1.93. The number of Topliss-reactive ketones (excluding diaryl/α,β-unsaturated/α-hetero) is 1. The van der Waals surface area contributed by atoms with E-state index in [-0.39, 0.29) is 11.7 Å². The zero-order chi connectivity index (χ0) is 15.6. The molecule has 1 aliphatic carbocycles. The largest absolute Gasteiger partial charge is 0.368 e. The van der Waals surface area contributed by atoms with Gasteiger partial charge in [0.25, 0.3) is 0 Å². The molecule has 1 spiro atoms. The number of nitrogens with zero attached hydrogens (tertiary/aromatic N) is 3. The standard InChI is InChI=1S/C17H20N4OS/c18-16-19-9-11-7-14(23-15(11)20-16)13(22)8-12-10-1-5-21(6-2-10)17(12)3-4-17/h7,9-10,12H,1-6,8H2,(H2,18,19,20)/t12-/m1/s1. The van der Waals surface area contributed by atoms with Gasteiger partial charge in [0.2, 0.25) is 5.95 Å². The van der Waals surface area contributed by atoms with Crippen LogP contribution in [-0.4, -0.2) is 39.3 Å². The first-order valence-corrected chi connectivity index (χ1v) is 9.28. The Morgan fingerprint density at radius 3 is 2.91 bits per heavy atom. The number of carbonyl (C=O) groups excluding carboxylic acids is 1. The van der Waals surface area contributed by atoms with E-state index in [1.54, 1.807) is 6.20 Å². The maximum Gasteiger partial charge on any atom is 0.221 e. The topological polar surface area (TPSA) is 72.1 Å². The van der Waals surface area contributed by atoms with Crippen LogP contribution >= 0.6 is 11.3 Å². The summed E-state index contributed by atoms with van der Waals surface area (Å²) in [6.45, 7) is 2.49. The van der Waals surface area contributed by atoms with Crippen LogP contribution in [0, 0.1) is 11.8 Å². The molecule has 0 amide bonds. The molecule has 0 unspecified atom stereocenters. The van der Waals surface area contributed by atoms with Crippen molar-refractivity contribution in [3.8, 4) is 0 Å². The van der Waals surface area contributed by atoms with E-state index in [4.69, 9.17) is 5.73 Å². The number of nitrogen functional groups attached to an aromatic ring is 1. The smallest absolute Gasteiger partial charge is 0.221 e. The highest BCUT2D eigenvalue weighted by Gasteiger charge is 2.60. The number of rotatable bonds is 3. The summed E-state index contributed by atoms with van der Waals surface area (Å²) in [5.41, 5.74) is 6.01. The molecule has 120 valence electrons. The Morgan fingerprint density at radius 1 is 1.39 bits per heavy atom. The molecule has 5 nitrogen and oxygen atoms in total. The van der Waals surface area contributed by atoms with Crippen LogP contribution in [0.2, 0.25) is 0 Å². The molecule has 4 fully saturated rings. The van der Waals surface area contributed by atoms with Crippen molar-refractivity contribution in [1.29, 1.82) is 0 Å². The van der Waals surface area contributed by atoms with Crippen molar-refractivity contribution in [2.24, 2.45) is 11.8 Å². The van der Waals surface area contributed by atoms with Gasteiger partial charge in [0.05, 0.1) is 4.88 Å². The lowest BCUT2D eigenvalue weighted by Crippen LogP contribution is -2.57. The van der Waals surface area contributed by atoms with E-state index in [9.17, 15) is 4.79 Å². The van der Waals surface area contributed by atoms with Gasteiger partial charge in [0.1, 0.15) is 4.83 Å². The molecule has 1 atom stereocenters. The van der Waals surface area contributed by atoms with Gasteiger partial charge in [-0.25, -0.2) is 9.97 Å². The van der Waals surface area contributed by atoms with Gasteiger partial charge >= 0.3 is 0 Å². The number of thiophene rings is 1. The summed E-state index contributed by atoms with van der Waals surface area (Å²) >= 11 is 1.45. The van der Waals surface area contributed by atoms with Gasteiger partial charge in [-0.3, -0.25) is 9.69 Å². The zero-order valence-electron chi connectivity index (χ0n) is 13.0. The fourth-order valence-corrected chi connectivity index (χ4v) is 5.83. The van der Waals surface area contributed by atoms with E-state index in [0.717, 1.165) is 21.0 Å². The molecular formula is C17H20N4OS. The maximum absolute atomic E-state index is 12.9. The number of ketones is 1. The van der Waals surface area contributed by atoms with Crippen LogP contribution in [0.25, 0.3) is 10.2 Å². The third kappa shape index (κ3) is 2.04. The van der Waals surface area contributed by atoms with Crippen molar-refractivity contribution < 1.29 is 4.79 Å². The SMILES string of the molecule is Nc1ncc2cc(C(=O)C[C@@H]3C4CCN(CC4)C34CC4)sc2n1. The van der Waals surface area contributed by atoms with Crippen LogP contribution in [0.3, 0.4) is 0 Å². The highest BCUT2D eigenvalue weighted by molar-refractivity contribution is 7.20. The lowest BCUT2D eigenvalue weighted by Gasteiger charge is -2.52. The fourth-order valence-electron chi connectivity index (χ4n) is 4.87. The normalized spacial score (nSPS) is 30.9. The van der Waals surface area contributed by atoms with E-state index >= 15 is 0 Å². The average Bonchev–Trinajstić information content (AvgIpc) is 3.22. The minimum absolute atomic E-state index is 0.271. The van der Waals surface area contributed by atoms with Crippen LogP contribution in [0.1, 0.15) is 41.8 Å². The Kier molecular flexibility index (Phi) is 2.86. The first kappa shape index (κ1) is 13.9. The Morgan fingerprint density at radius 2 is 2.17 bits per heavy atom. The summed E-state index contributed by atoms with van der Waals surface area (Å²) < 4.78 is 0. The molecule has 23 heavy (non-hydrogen) atoms. The monoisotopic (exact) mass is 328 g/mol. The number of carbonyl (C=O) groups is 1. The maximum atomic E-state index is 12.9. The molecule has 3 aliphatic heterocycles. The van der Waals surface area contributed by atoms with Crippen LogP contribution in [-0.2, 0) is 0 Å². The lowest BCUT2D eigenvalue weighted by molar-refractivity contribution is -0.0273. The molecule has 0 aromatic carbocycles. The second-order valence-electron chi connectivity index (χ2n) is 7.26. The molecule has 3 saturated heterocycles. The first-order valence-electron chi connectivity index (χ1n) is 8.46. The number of hydrogen-bond acceptors (Lipinski definition) is 6. The molecule has 2 N–H and O–H groups in total. The van der Waals surface area contributed by atoms with Gasteiger partial charge in [-0.2, -0.15) is 0 Å². The molecule has 1 saturated carbocycles. The third-order valence-corrected chi connectivity index (χ3v) is 7.25. The first-order chi connectivity index (χ1) is 11.2. The van der Waals surface area contributed by atoms with Crippen LogP contribution in [0.5, 0.6) is 0 Å². The minimum Gasteiger partial charge on any atom is -0.368 e. The quantitative estimate of drug-likeness (QED) is 0.877. The predicted molar refractivity (Wildman–Crippen MR) is 90.5 cm³/mol. The minimum atomic E-state index is 0.271. The van der Waals surface area contributed by atoms with Gasteiger partial charge in [-0.05, 0) is 56.7 Å². The lowest BCUT2D eigenvalue weighted by atomic mass is 9.70. The number of fused-ring (bicyclic) bond motifs is 3. The van der Waals surface area contributed by atoms with Crippen molar-refractivity contribution >= 4 is 33.3 Å². The third-order valence-electron chi connectivity index (χ3n) is 6.16. The fraction of sp³-hybridized carbons (Fsp3) is 0.588. The van der Waals surface area contributed by atoms with E-state index in [1.807, 2.05) is 6.07 Å². The van der Waals surface area contributed by atoms with Crippen molar-refractivity contribution in [2.45, 2.75) is 37.6 Å². The Labute approximate surface area is 138 Å². The average molecular weight is 328 g/mol. The highest BCUT2D eigenvalue weighted by atomic mass is 32.1. The van der Waals surface area contributed by atoms with Crippen molar-refractivity contribution in [3.63, 3.8) is 0 Å². The van der Waals surface area contributed by atoms with Gasteiger partial charge < -0.3 is 5.73 Å². The second-order valence-corrected chi connectivity index (χ2v) is 8.29. The number of nitrogens with two attached hydrogens (primary N) is 1. The van der Waals surface area contributed by atoms with E-state index < -0.39 is 0 Å². The molecule has 6 heteroatoms. The molecule has 2 bridgehead atoms. The number of aromatic nitrogens is 2. The molecule has 6 rings (SSSR count). The molecule has 4 aliphatic rings.